The molecule has 1 aliphatic carbocycles. The molecule has 1 spiro atoms. The van der Waals surface area contributed by atoms with E-state index in [0.29, 0.717) is 11.8 Å². The third kappa shape index (κ3) is 5.33. The predicted molar refractivity (Wildman–Crippen MR) is 118 cm³/mol. The lowest BCUT2D eigenvalue weighted by Gasteiger charge is -2.44. The van der Waals surface area contributed by atoms with Gasteiger partial charge in [-0.15, -0.1) is 0 Å². The Morgan fingerprint density at radius 1 is 1.00 bits per heavy atom. The lowest BCUT2D eigenvalue weighted by molar-refractivity contribution is 0.0758. The Hall–Kier alpha value is -1.00. The van der Waals surface area contributed by atoms with Gasteiger partial charge in [-0.2, -0.15) is 0 Å². The second-order valence-corrected chi connectivity index (χ2v) is 10.1. The molecular formula is C24H44N2O2. The number of hydrogen-bond acceptors (Lipinski definition) is 4. The second-order valence-electron chi connectivity index (χ2n) is 10.1. The van der Waals surface area contributed by atoms with Crippen LogP contribution in [0.2, 0.25) is 0 Å². The van der Waals surface area contributed by atoms with E-state index in [1.807, 2.05) is 14.2 Å². The van der Waals surface area contributed by atoms with Crippen molar-refractivity contribution in [2.45, 2.75) is 53.4 Å². The van der Waals surface area contributed by atoms with Crippen molar-refractivity contribution >= 4 is 0 Å². The molecule has 162 valence electrons. The van der Waals surface area contributed by atoms with Gasteiger partial charge in [-0.05, 0) is 83.4 Å². The average molecular weight is 393 g/mol. The maximum atomic E-state index is 6.09. The van der Waals surface area contributed by atoms with Crippen LogP contribution in [0.3, 0.4) is 0 Å². The summed E-state index contributed by atoms with van der Waals surface area (Å²) in [6.07, 6.45) is 9.39. The molecule has 1 fully saturated rings. The predicted octanol–water partition coefficient (Wildman–Crippen LogP) is 4.78. The first-order chi connectivity index (χ1) is 13.2. The number of nitrogens with zero attached hydrogens (tertiary/aromatic N) is 2. The van der Waals surface area contributed by atoms with Gasteiger partial charge in [0, 0.05) is 12.0 Å². The van der Waals surface area contributed by atoms with Crippen molar-refractivity contribution in [1.29, 1.82) is 0 Å². The molecule has 0 N–H and O–H groups in total. The smallest absolute Gasteiger partial charge is 0.106 e. The van der Waals surface area contributed by atoms with Crippen molar-refractivity contribution in [3.8, 4) is 0 Å². The fraction of sp³-hybridized carbons (Fsp3) is 0.833. The maximum absolute atomic E-state index is 6.09. The van der Waals surface area contributed by atoms with Crippen molar-refractivity contribution in [2.24, 2.45) is 22.7 Å². The van der Waals surface area contributed by atoms with Gasteiger partial charge >= 0.3 is 0 Å². The van der Waals surface area contributed by atoms with E-state index >= 15 is 0 Å². The fourth-order valence-electron chi connectivity index (χ4n) is 5.33. The van der Waals surface area contributed by atoms with E-state index in [1.54, 1.807) is 0 Å². The number of hydrogen-bond donors (Lipinski definition) is 0. The van der Waals surface area contributed by atoms with E-state index in [4.69, 9.17) is 9.47 Å². The summed E-state index contributed by atoms with van der Waals surface area (Å²) in [7, 11) is 7.99. The molecule has 1 saturated heterocycles. The molecule has 2 rings (SSSR count). The molecule has 0 radical (unpaired) electrons. The average Bonchev–Trinajstić information content (AvgIpc) is 2.98. The number of ether oxygens (including phenoxy) is 2. The molecule has 0 bridgehead atoms. The van der Waals surface area contributed by atoms with Crippen LogP contribution in [0.4, 0.5) is 0 Å². The highest BCUT2D eigenvalue weighted by Gasteiger charge is 2.49. The Kier molecular flexibility index (Phi) is 8.04. The third-order valence-electron chi connectivity index (χ3n) is 6.22. The standard InChI is InChI=1S/C24H44N2O2/c1-19(2)14-24(15-20(3)4)21(27-7)16-23(17-22(24)28-8)10-13-26(18-23)12-9-11-25(5)6/h16-17,19-20H,9-15,18H2,1-8H3. The molecular weight excluding hydrogens is 348 g/mol. The van der Waals surface area contributed by atoms with Crippen LogP contribution in [0.5, 0.6) is 0 Å². The zero-order chi connectivity index (χ0) is 20.9. The summed E-state index contributed by atoms with van der Waals surface area (Å²) in [5.41, 5.74) is -0.0817. The number of likely N-dealkylation sites (tertiary alicyclic amines) is 1. The van der Waals surface area contributed by atoms with Gasteiger partial charge in [0.2, 0.25) is 0 Å². The molecule has 28 heavy (non-hydrogen) atoms. The van der Waals surface area contributed by atoms with Crippen LogP contribution in [0.25, 0.3) is 0 Å². The van der Waals surface area contributed by atoms with Gasteiger partial charge in [0.1, 0.15) is 11.5 Å². The summed E-state index contributed by atoms with van der Waals surface area (Å²) in [5.74, 6) is 3.42. The van der Waals surface area contributed by atoms with Crippen molar-refractivity contribution in [3.05, 3.63) is 23.7 Å². The highest BCUT2D eigenvalue weighted by atomic mass is 16.5. The van der Waals surface area contributed by atoms with Crippen molar-refractivity contribution in [2.75, 3.05) is 54.5 Å². The van der Waals surface area contributed by atoms with E-state index in [-0.39, 0.29) is 10.8 Å². The van der Waals surface area contributed by atoms with E-state index in [2.05, 4.69) is 63.7 Å². The number of methoxy groups -OCH3 is 2. The first-order valence-electron chi connectivity index (χ1n) is 11.1. The largest absolute Gasteiger partial charge is 0.500 e. The van der Waals surface area contributed by atoms with Crippen LogP contribution in [0, 0.1) is 22.7 Å². The summed E-state index contributed by atoms with van der Waals surface area (Å²) < 4.78 is 12.2. The monoisotopic (exact) mass is 392 g/mol. The molecule has 0 aromatic heterocycles. The summed E-state index contributed by atoms with van der Waals surface area (Å²) in [5, 5.41) is 0. The SMILES string of the molecule is COC1=CC2(C=C(OC)C1(CC(C)C)CC(C)C)CCN(CCCN(C)C)C2. The van der Waals surface area contributed by atoms with Crippen LogP contribution in [-0.4, -0.2) is 64.3 Å². The highest BCUT2D eigenvalue weighted by Crippen LogP contribution is 2.54. The summed E-state index contributed by atoms with van der Waals surface area (Å²) in [6.45, 7) is 13.7. The Morgan fingerprint density at radius 3 is 1.96 bits per heavy atom. The van der Waals surface area contributed by atoms with Gasteiger partial charge < -0.3 is 19.3 Å². The topological polar surface area (TPSA) is 24.9 Å². The second kappa shape index (κ2) is 9.67. The highest BCUT2D eigenvalue weighted by molar-refractivity contribution is 5.35. The van der Waals surface area contributed by atoms with Gasteiger partial charge in [0.05, 0.1) is 19.6 Å². The summed E-state index contributed by atoms with van der Waals surface area (Å²) in [4.78, 5) is 4.87. The van der Waals surface area contributed by atoms with Gasteiger partial charge in [-0.1, -0.05) is 27.7 Å². The minimum Gasteiger partial charge on any atom is -0.500 e. The Bertz CT molecular complexity index is 529. The molecule has 2 aliphatic rings. The van der Waals surface area contributed by atoms with E-state index in [9.17, 15) is 0 Å². The lowest BCUT2D eigenvalue weighted by Crippen LogP contribution is -2.38. The van der Waals surface area contributed by atoms with Crippen LogP contribution in [0.1, 0.15) is 53.4 Å². The summed E-state index contributed by atoms with van der Waals surface area (Å²) >= 11 is 0. The maximum Gasteiger partial charge on any atom is 0.106 e. The van der Waals surface area contributed by atoms with Crippen LogP contribution < -0.4 is 0 Å². The van der Waals surface area contributed by atoms with Crippen molar-refractivity contribution < 1.29 is 9.47 Å². The fourth-order valence-corrected chi connectivity index (χ4v) is 5.33. The van der Waals surface area contributed by atoms with Gasteiger partial charge in [0.15, 0.2) is 0 Å². The molecule has 0 amide bonds. The molecule has 4 nitrogen and oxygen atoms in total. The van der Waals surface area contributed by atoms with Crippen LogP contribution >= 0.6 is 0 Å². The Morgan fingerprint density at radius 2 is 1.54 bits per heavy atom. The van der Waals surface area contributed by atoms with Gasteiger partial charge in [-0.3, -0.25) is 0 Å². The van der Waals surface area contributed by atoms with Crippen molar-refractivity contribution in [3.63, 3.8) is 0 Å². The Labute approximate surface area is 173 Å². The minimum atomic E-state index is -0.130. The molecule has 0 aromatic carbocycles. The molecule has 1 heterocycles. The quantitative estimate of drug-likeness (QED) is 0.534. The molecule has 1 aliphatic heterocycles. The zero-order valence-electron chi connectivity index (χ0n) is 19.7. The Balaban J connectivity index is 2.29. The molecule has 0 aromatic rings. The van der Waals surface area contributed by atoms with Gasteiger partial charge in [0.25, 0.3) is 0 Å². The molecule has 0 unspecified atom stereocenters. The van der Waals surface area contributed by atoms with E-state index in [0.717, 1.165) is 57.0 Å². The first kappa shape index (κ1) is 23.3. The number of rotatable bonds is 10. The first-order valence-corrected chi connectivity index (χ1v) is 11.1. The molecule has 0 atom stereocenters. The third-order valence-corrected chi connectivity index (χ3v) is 6.22. The van der Waals surface area contributed by atoms with Crippen molar-refractivity contribution in [1.82, 2.24) is 9.80 Å². The summed E-state index contributed by atoms with van der Waals surface area (Å²) in [6, 6.07) is 0. The van der Waals surface area contributed by atoms with Gasteiger partial charge in [-0.25, -0.2) is 0 Å². The van der Waals surface area contributed by atoms with Crippen LogP contribution in [-0.2, 0) is 9.47 Å². The lowest BCUT2D eigenvalue weighted by atomic mass is 9.65. The van der Waals surface area contributed by atoms with Crippen LogP contribution in [0.15, 0.2) is 23.7 Å². The molecule has 0 saturated carbocycles. The normalized spacial score (nSPS) is 21.5. The van der Waals surface area contributed by atoms with E-state index in [1.165, 1.54) is 6.42 Å². The van der Waals surface area contributed by atoms with E-state index < -0.39 is 0 Å². The molecule has 4 heteroatoms. The minimum absolute atomic E-state index is 0.0479. The zero-order valence-corrected chi connectivity index (χ0v) is 19.7.